The zero-order valence-corrected chi connectivity index (χ0v) is 11.5. The molecule has 0 radical (unpaired) electrons. The first kappa shape index (κ1) is 11.3. The molecule has 98 valence electrons. The first-order chi connectivity index (χ1) is 8.62. The number of hydrogen-bond donors (Lipinski definition) is 0. The second kappa shape index (κ2) is 3.30. The van der Waals surface area contributed by atoms with E-state index >= 15 is 0 Å². The van der Waals surface area contributed by atoms with E-state index < -0.39 is 0 Å². The van der Waals surface area contributed by atoms with E-state index in [4.69, 9.17) is 4.74 Å². The summed E-state index contributed by atoms with van der Waals surface area (Å²) in [7, 11) is 0. The van der Waals surface area contributed by atoms with Crippen LogP contribution in [0.4, 0.5) is 0 Å². The fraction of sp³-hybridized carbons (Fsp3) is 0.765. The molecule has 2 spiro atoms. The van der Waals surface area contributed by atoms with E-state index in [0.29, 0.717) is 5.92 Å². The zero-order chi connectivity index (χ0) is 12.4. The van der Waals surface area contributed by atoms with E-state index in [1.54, 1.807) is 5.57 Å². The number of fused-ring (bicyclic) bond motifs is 2. The minimum atomic E-state index is -0.0641. The predicted molar refractivity (Wildman–Crippen MR) is 73.4 cm³/mol. The highest BCUT2D eigenvalue weighted by Crippen LogP contribution is 2.66. The Balaban J connectivity index is 1.84. The summed E-state index contributed by atoms with van der Waals surface area (Å²) in [5.74, 6) is 0.599. The van der Waals surface area contributed by atoms with Gasteiger partial charge < -0.3 is 4.74 Å². The minimum absolute atomic E-state index is 0.0362. The maximum absolute atomic E-state index is 6.69. The minimum Gasteiger partial charge on any atom is -0.359 e. The quantitative estimate of drug-likeness (QED) is 0.574. The predicted octanol–water partition coefficient (Wildman–Crippen LogP) is 4.39. The third-order valence-electron chi connectivity index (χ3n) is 6.43. The Labute approximate surface area is 110 Å². The highest BCUT2D eigenvalue weighted by Gasteiger charge is 2.65. The molecule has 0 aromatic heterocycles. The highest BCUT2D eigenvalue weighted by molar-refractivity contribution is 5.40. The summed E-state index contributed by atoms with van der Waals surface area (Å²) >= 11 is 0. The third kappa shape index (κ3) is 1.09. The molecular weight excluding hydrogens is 220 g/mol. The molecule has 0 aromatic carbocycles. The van der Waals surface area contributed by atoms with Gasteiger partial charge in [0.2, 0.25) is 0 Å². The molecule has 4 aliphatic rings. The molecule has 0 amide bonds. The van der Waals surface area contributed by atoms with Crippen molar-refractivity contribution < 1.29 is 4.74 Å². The third-order valence-corrected chi connectivity index (χ3v) is 6.43. The number of ether oxygens (including phenoxy) is 1. The molecule has 1 nitrogen and oxygen atoms in total. The van der Waals surface area contributed by atoms with Crippen LogP contribution in [0.15, 0.2) is 24.3 Å². The Morgan fingerprint density at radius 1 is 1.11 bits per heavy atom. The zero-order valence-electron chi connectivity index (χ0n) is 11.5. The molecule has 3 unspecified atom stereocenters. The van der Waals surface area contributed by atoms with Crippen molar-refractivity contribution in [2.75, 3.05) is 0 Å². The van der Waals surface area contributed by atoms with E-state index in [1.807, 2.05) is 0 Å². The van der Waals surface area contributed by atoms with Gasteiger partial charge in [-0.1, -0.05) is 43.6 Å². The van der Waals surface area contributed by atoms with Crippen LogP contribution in [0.3, 0.4) is 0 Å². The van der Waals surface area contributed by atoms with Crippen LogP contribution in [0.5, 0.6) is 0 Å². The largest absolute Gasteiger partial charge is 0.359 e. The van der Waals surface area contributed by atoms with E-state index in [-0.39, 0.29) is 16.6 Å². The fourth-order valence-corrected chi connectivity index (χ4v) is 5.44. The van der Waals surface area contributed by atoms with Crippen LogP contribution in [0, 0.1) is 11.3 Å². The Bertz CT molecular complexity index is 429. The summed E-state index contributed by atoms with van der Waals surface area (Å²) in [5, 5.41) is 0. The monoisotopic (exact) mass is 244 g/mol. The summed E-state index contributed by atoms with van der Waals surface area (Å²) in [6.45, 7) is 6.92. The van der Waals surface area contributed by atoms with Crippen LogP contribution in [-0.2, 0) is 4.74 Å². The standard InChI is InChI=1S/C17H24O/c1-13-14-7-6-10-17(14)12-11-15(2,18-17)16(13)8-4-3-5-9-16/h11-12,14H,1,3-10H2,2H3. The summed E-state index contributed by atoms with van der Waals surface area (Å²) < 4.78 is 6.69. The van der Waals surface area contributed by atoms with Gasteiger partial charge in [0.1, 0.15) is 0 Å². The van der Waals surface area contributed by atoms with Crippen LogP contribution in [-0.4, -0.2) is 11.2 Å². The topological polar surface area (TPSA) is 9.23 Å². The van der Waals surface area contributed by atoms with Gasteiger partial charge in [0, 0.05) is 11.3 Å². The maximum Gasteiger partial charge on any atom is 0.0940 e. The average molecular weight is 244 g/mol. The Morgan fingerprint density at radius 2 is 1.89 bits per heavy atom. The molecular formula is C17H24O. The van der Waals surface area contributed by atoms with Gasteiger partial charge in [0.05, 0.1) is 11.2 Å². The molecule has 2 aliphatic heterocycles. The van der Waals surface area contributed by atoms with Gasteiger partial charge in [-0.05, 0) is 39.0 Å². The van der Waals surface area contributed by atoms with Gasteiger partial charge in [-0.15, -0.1) is 0 Å². The Hall–Kier alpha value is -0.560. The molecule has 2 aliphatic carbocycles. The smallest absolute Gasteiger partial charge is 0.0940 e. The molecule has 2 bridgehead atoms. The first-order valence-corrected chi connectivity index (χ1v) is 7.72. The van der Waals surface area contributed by atoms with E-state index in [9.17, 15) is 0 Å². The van der Waals surface area contributed by atoms with Crippen molar-refractivity contribution >= 4 is 0 Å². The SMILES string of the molecule is C=C1C2CCCC23C=CC(C)(O3)C12CCCCC2. The molecule has 2 saturated carbocycles. The van der Waals surface area contributed by atoms with Crippen LogP contribution >= 0.6 is 0 Å². The molecule has 0 N–H and O–H groups in total. The van der Waals surface area contributed by atoms with Gasteiger partial charge in [-0.2, -0.15) is 0 Å². The second-order valence-electron chi connectivity index (χ2n) is 7.11. The lowest BCUT2D eigenvalue weighted by molar-refractivity contribution is -0.183. The van der Waals surface area contributed by atoms with Gasteiger partial charge in [0.15, 0.2) is 0 Å². The van der Waals surface area contributed by atoms with E-state index in [1.165, 1.54) is 51.4 Å². The Morgan fingerprint density at radius 3 is 2.67 bits per heavy atom. The van der Waals surface area contributed by atoms with Crippen molar-refractivity contribution in [3.8, 4) is 0 Å². The van der Waals surface area contributed by atoms with Crippen molar-refractivity contribution in [1.29, 1.82) is 0 Å². The molecule has 0 aromatic rings. The normalized spacial score (nSPS) is 48.7. The summed E-state index contributed by atoms with van der Waals surface area (Å²) in [6, 6.07) is 0. The van der Waals surface area contributed by atoms with Crippen molar-refractivity contribution in [3.05, 3.63) is 24.3 Å². The fourth-order valence-electron chi connectivity index (χ4n) is 5.44. The van der Waals surface area contributed by atoms with Crippen molar-refractivity contribution in [2.45, 2.75) is 69.5 Å². The number of rotatable bonds is 0. The number of hydrogen-bond acceptors (Lipinski definition) is 1. The average Bonchev–Trinajstić information content (AvgIpc) is 2.94. The Kier molecular flexibility index (Phi) is 2.07. The first-order valence-electron chi connectivity index (χ1n) is 7.72. The van der Waals surface area contributed by atoms with Crippen LogP contribution in [0.2, 0.25) is 0 Å². The summed E-state index contributed by atoms with van der Waals surface area (Å²) in [6.07, 6.45) is 15.3. The lowest BCUT2D eigenvalue weighted by Gasteiger charge is -2.57. The van der Waals surface area contributed by atoms with Crippen LogP contribution in [0.1, 0.15) is 58.3 Å². The molecule has 2 heterocycles. The van der Waals surface area contributed by atoms with Crippen molar-refractivity contribution in [1.82, 2.24) is 0 Å². The van der Waals surface area contributed by atoms with Gasteiger partial charge in [0.25, 0.3) is 0 Å². The van der Waals surface area contributed by atoms with E-state index in [0.717, 1.165) is 0 Å². The molecule has 4 rings (SSSR count). The molecule has 18 heavy (non-hydrogen) atoms. The van der Waals surface area contributed by atoms with E-state index in [2.05, 4.69) is 25.7 Å². The highest BCUT2D eigenvalue weighted by atomic mass is 16.5. The van der Waals surface area contributed by atoms with Crippen LogP contribution in [0.25, 0.3) is 0 Å². The lowest BCUT2D eigenvalue weighted by Crippen LogP contribution is -2.57. The summed E-state index contributed by atoms with van der Waals surface area (Å²) in [5.41, 5.74) is 1.76. The van der Waals surface area contributed by atoms with Gasteiger partial charge in [-0.25, -0.2) is 0 Å². The van der Waals surface area contributed by atoms with Gasteiger partial charge >= 0.3 is 0 Å². The van der Waals surface area contributed by atoms with Crippen LogP contribution < -0.4 is 0 Å². The molecule has 1 heteroatoms. The van der Waals surface area contributed by atoms with Crippen molar-refractivity contribution in [2.24, 2.45) is 11.3 Å². The second-order valence-corrected chi connectivity index (χ2v) is 7.11. The maximum atomic E-state index is 6.69. The van der Waals surface area contributed by atoms with Crippen molar-refractivity contribution in [3.63, 3.8) is 0 Å². The lowest BCUT2D eigenvalue weighted by atomic mass is 9.56. The molecule has 3 fully saturated rings. The van der Waals surface area contributed by atoms with Gasteiger partial charge in [-0.3, -0.25) is 0 Å². The summed E-state index contributed by atoms with van der Waals surface area (Å²) in [4.78, 5) is 0. The molecule has 1 saturated heterocycles. The molecule has 3 atom stereocenters.